The first-order valence-corrected chi connectivity index (χ1v) is 10.3. The molecule has 0 aliphatic carbocycles. The Bertz CT molecular complexity index is 1210. The molecule has 5 rings (SSSR count). The highest BCUT2D eigenvalue weighted by Crippen LogP contribution is 2.46. The maximum atomic E-state index is 13.2. The molecule has 0 saturated carbocycles. The van der Waals surface area contributed by atoms with Gasteiger partial charge in [0.2, 0.25) is 0 Å². The molecule has 0 bridgehead atoms. The Morgan fingerprint density at radius 2 is 1.59 bits per heavy atom. The second kappa shape index (κ2) is 7.09. The Morgan fingerprint density at radius 1 is 0.897 bits per heavy atom. The lowest BCUT2D eigenvalue weighted by atomic mass is 9.93. The molecule has 1 aliphatic heterocycles. The first-order valence-electron chi connectivity index (χ1n) is 9.81. The molecule has 4 aromatic rings. The molecular weight excluding hydrogens is 380 g/mol. The predicted octanol–water partition coefficient (Wildman–Crippen LogP) is 5.63. The molecule has 144 valence electrons. The van der Waals surface area contributed by atoms with Crippen molar-refractivity contribution in [1.82, 2.24) is 9.47 Å². The Kier molecular flexibility index (Phi) is 4.40. The van der Waals surface area contributed by atoms with E-state index in [1.165, 1.54) is 5.39 Å². The number of rotatable bonds is 4. The third kappa shape index (κ3) is 2.69. The smallest absolute Gasteiger partial charge is 0.255 e. The van der Waals surface area contributed by atoms with Crippen LogP contribution >= 0.6 is 11.6 Å². The zero-order valence-corrected chi connectivity index (χ0v) is 16.9. The molecule has 29 heavy (non-hydrogen) atoms. The minimum absolute atomic E-state index is 0.0539. The van der Waals surface area contributed by atoms with Gasteiger partial charge in [0.15, 0.2) is 0 Å². The van der Waals surface area contributed by atoms with Crippen molar-refractivity contribution in [2.45, 2.75) is 6.04 Å². The number of carbonyl (C=O) groups is 1. The van der Waals surface area contributed by atoms with E-state index in [-0.39, 0.29) is 11.9 Å². The van der Waals surface area contributed by atoms with Crippen molar-refractivity contribution >= 4 is 28.4 Å². The van der Waals surface area contributed by atoms with Gasteiger partial charge in [-0.2, -0.15) is 0 Å². The van der Waals surface area contributed by atoms with E-state index < -0.39 is 0 Å². The lowest BCUT2D eigenvalue weighted by molar-refractivity contribution is 0.0762. The van der Waals surface area contributed by atoms with E-state index in [1.54, 1.807) is 0 Å². The number of hydrogen-bond acceptors (Lipinski definition) is 1. The number of amides is 1. The van der Waals surface area contributed by atoms with Crippen LogP contribution in [0, 0.1) is 0 Å². The van der Waals surface area contributed by atoms with E-state index >= 15 is 0 Å². The summed E-state index contributed by atoms with van der Waals surface area (Å²) >= 11 is 6.12. The van der Waals surface area contributed by atoms with E-state index in [0.717, 1.165) is 33.5 Å². The van der Waals surface area contributed by atoms with Crippen molar-refractivity contribution in [2.75, 3.05) is 12.4 Å². The molecule has 3 aromatic carbocycles. The van der Waals surface area contributed by atoms with Crippen LogP contribution in [0.2, 0.25) is 0 Å². The highest BCUT2D eigenvalue weighted by molar-refractivity contribution is 6.18. The Morgan fingerprint density at radius 3 is 2.38 bits per heavy atom. The molecule has 1 aliphatic rings. The largest absolute Gasteiger partial charge is 0.343 e. The summed E-state index contributed by atoms with van der Waals surface area (Å²) in [6.07, 6.45) is 0. The van der Waals surface area contributed by atoms with Crippen molar-refractivity contribution in [2.24, 2.45) is 7.05 Å². The minimum atomic E-state index is -0.154. The van der Waals surface area contributed by atoms with Gasteiger partial charge in [0.25, 0.3) is 5.91 Å². The van der Waals surface area contributed by atoms with Crippen molar-refractivity contribution in [3.05, 3.63) is 95.6 Å². The van der Waals surface area contributed by atoms with Gasteiger partial charge in [0, 0.05) is 41.5 Å². The van der Waals surface area contributed by atoms with E-state index in [9.17, 15) is 4.79 Å². The van der Waals surface area contributed by atoms with Gasteiger partial charge in [-0.15, -0.1) is 11.6 Å². The number of halogens is 1. The Hall–Kier alpha value is -3.04. The zero-order valence-electron chi connectivity index (χ0n) is 16.2. The van der Waals surface area contributed by atoms with E-state index in [1.807, 2.05) is 29.2 Å². The second-order valence-electron chi connectivity index (χ2n) is 7.38. The average Bonchev–Trinajstić information content (AvgIpc) is 3.21. The van der Waals surface area contributed by atoms with Crippen molar-refractivity contribution in [3.8, 4) is 11.3 Å². The van der Waals surface area contributed by atoms with Gasteiger partial charge in [-0.05, 0) is 23.3 Å². The number of aryl methyl sites for hydroxylation is 1. The van der Waals surface area contributed by atoms with Crippen LogP contribution in [0.3, 0.4) is 0 Å². The highest BCUT2D eigenvalue weighted by Gasteiger charge is 2.40. The van der Waals surface area contributed by atoms with Crippen LogP contribution in [0.5, 0.6) is 0 Å². The number of nitrogens with zero attached hydrogens (tertiary/aromatic N) is 2. The van der Waals surface area contributed by atoms with Gasteiger partial charge in [0.05, 0.1) is 11.7 Å². The highest BCUT2D eigenvalue weighted by atomic mass is 35.5. The maximum absolute atomic E-state index is 13.2. The van der Waals surface area contributed by atoms with Gasteiger partial charge >= 0.3 is 0 Å². The third-order valence-electron chi connectivity index (χ3n) is 5.85. The molecule has 3 nitrogen and oxygen atoms in total. The SMILES string of the molecule is Cn1c(-c2ccccc2)c([C@H]2c3ccccc3C(=O)N2CCCl)c2ccccc21. The van der Waals surface area contributed by atoms with Gasteiger partial charge < -0.3 is 9.47 Å². The normalized spacial score (nSPS) is 15.9. The number of carbonyl (C=O) groups excluding carboxylic acids is 1. The van der Waals surface area contributed by atoms with Crippen LogP contribution in [0.15, 0.2) is 78.9 Å². The standard InChI is InChI=1S/C25H21ClN2O/c1-27-21-14-8-7-13-20(21)22(23(27)17-9-3-2-4-10-17)24-18-11-5-6-12-19(18)25(29)28(24)16-15-26/h2-14,24H,15-16H2,1H3/t24-/m1/s1. The molecule has 0 radical (unpaired) electrons. The van der Waals surface area contributed by atoms with Crippen LogP contribution in [-0.2, 0) is 7.05 Å². The zero-order chi connectivity index (χ0) is 20.0. The van der Waals surface area contributed by atoms with Crippen LogP contribution in [0.1, 0.15) is 27.5 Å². The number of benzene rings is 3. The predicted molar refractivity (Wildman–Crippen MR) is 118 cm³/mol. The maximum Gasteiger partial charge on any atom is 0.255 e. The fourth-order valence-electron chi connectivity index (χ4n) is 4.65. The van der Waals surface area contributed by atoms with Crippen molar-refractivity contribution < 1.29 is 4.79 Å². The number of para-hydroxylation sites is 1. The number of hydrogen-bond donors (Lipinski definition) is 0. The molecular formula is C25H21ClN2O. The fourth-order valence-corrected chi connectivity index (χ4v) is 4.83. The molecule has 1 atom stereocenters. The summed E-state index contributed by atoms with van der Waals surface area (Å²) in [5.41, 5.74) is 6.43. The molecule has 2 heterocycles. The lowest BCUT2D eigenvalue weighted by Gasteiger charge is -2.26. The molecule has 1 aromatic heterocycles. The topological polar surface area (TPSA) is 25.2 Å². The fraction of sp³-hybridized carbons (Fsp3) is 0.160. The average molecular weight is 401 g/mol. The molecule has 0 N–H and O–H groups in total. The van der Waals surface area contributed by atoms with Crippen LogP contribution in [-0.4, -0.2) is 27.8 Å². The molecule has 0 unspecified atom stereocenters. The van der Waals surface area contributed by atoms with E-state index in [2.05, 4.69) is 66.2 Å². The molecule has 1 amide bonds. The molecule has 4 heteroatoms. The van der Waals surface area contributed by atoms with Gasteiger partial charge in [-0.25, -0.2) is 0 Å². The summed E-state index contributed by atoms with van der Waals surface area (Å²) in [4.78, 5) is 15.1. The summed E-state index contributed by atoms with van der Waals surface area (Å²) in [6, 6.07) is 26.6. The summed E-state index contributed by atoms with van der Waals surface area (Å²) < 4.78 is 2.24. The summed E-state index contributed by atoms with van der Waals surface area (Å²) in [6.45, 7) is 0.511. The first-order chi connectivity index (χ1) is 14.2. The Balaban J connectivity index is 1.86. The minimum Gasteiger partial charge on any atom is -0.343 e. The first kappa shape index (κ1) is 18.0. The lowest BCUT2D eigenvalue weighted by Crippen LogP contribution is -2.30. The van der Waals surface area contributed by atoms with Crippen molar-refractivity contribution in [1.29, 1.82) is 0 Å². The summed E-state index contributed by atoms with van der Waals surface area (Å²) in [5.74, 6) is 0.458. The van der Waals surface area contributed by atoms with Crippen LogP contribution < -0.4 is 0 Å². The van der Waals surface area contributed by atoms with Crippen LogP contribution in [0.25, 0.3) is 22.2 Å². The molecule has 0 spiro atoms. The number of alkyl halides is 1. The van der Waals surface area contributed by atoms with E-state index in [0.29, 0.717) is 12.4 Å². The monoisotopic (exact) mass is 400 g/mol. The molecule has 0 saturated heterocycles. The summed E-state index contributed by atoms with van der Waals surface area (Å²) in [7, 11) is 2.10. The quantitative estimate of drug-likeness (QED) is 0.407. The molecule has 0 fully saturated rings. The van der Waals surface area contributed by atoms with E-state index in [4.69, 9.17) is 11.6 Å². The third-order valence-corrected chi connectivity index (χ3v) is 6.02. The second-order valence-corrected chi connectivity index (χ2v) is 7.76. The van der Waals surface area contributed by atoms with Gasteiger partial charge in [-0.3, -0.25) is 4.79 Å². The number of fused-ring (bicyclic) bond motifs is 2. The van der Waals surface area contributed by atoms with Gasteiger partial charge in [0.1, 0.15) is 0 Å². The Labute approximate surface area is 175 Å². The van der Waals surface area contributed by atoms with Gasteiger partial charge in [-0.1, -0.05) is 66.7 Å². The van der Waals surface area contributed by atoms with Crippen LogP contribution in [0.4, 0.5) is 0 Å². The van der Waals surface area contributed by atoms with Crippen molar-refractivity contribution in [3.63, 3.8) is 0 Å². The number of aromatic nitrogens is 1. The summed E-state index contributed by atoms with van der Waals surface area (Å²) in [5, 5.41) is 1.17.